The Kier molecular flexibility index (Phi) is 5.50. The molecular weight excluding hydrogens is 336 g/mol. The van der Waals surface area contributed by atoms with Crippen molar-refractivity contribution in [3.05, 3.63) is 23.8 Å². The highest BCUT2D eigenvalue weighted by Gasteiger charge is 2.22. The van der Waals surface area contributed by atoms with Crippen LogP contribution in [-0.2, 0) is 4.79 Å². The topological polar surface area (TPSA) is 91.3 Å². The second-order valence-electron chi connectivity index (χ2n) is 5.98. The molecule has 0 spiro atoms. The molecular formula is C17H22N6OS. The largest absolute Gasteiger partial charge is 0.305 e. The second kappa shape index (κ2) is 7.79. The molecule has 0 saturated heterocycles. The van der Waals surface area contributed by atoms with E-state index in [4.69, 9.17) is 0 Å². The zero-order valence-corrected chi connectivity index (χ0v) is 15.4. The molecule has 1 aromatic heterocycles. The van der Waals surface area contributed by atoms with E-state index in [1.54, 1.807) is 0 Å². The lowest BCUT2D eigenvalue weighted by Crippen LogP contribution is -2.31. The Balaban J connectivity index is 2.00. The predicted molar refractivity (Wildman–Crippen MR) is 102 cm³/mol. The van der Waals surface area contributed by atoms with Gasteiger partial charge in [-0.15, -0.1) is 0 Å². The first-order valence-electron chi connectivity index (χ1n) is 8.33. The van der Waals surface area contributed by atoms with Crippen LogP contribution in [-0.4, -0.2) is 34.4 Å². The van der Waals surface area contributed by atoms with Crippen molar-refractivity contribution in [3.8, 4) is 0 Å². The molecule has 132 valence electrons. The monoisotopic (exact) mass is 358 g/mol. The summed E-state index contributed by atoms with van der Waals surface area (Å²) in [4.78, 5) is 20.6. The van der Waals surface area contributed by atoms with Crippen LogP contribution in [0.5, 0.6) is 0 Å². The number of hydrazone groups is 1. The molecule has 1 aromatic carbocycles. The summed E-state index contributed by atoms with van der Waals surface area (Å²) < 4.78 is 0. The normalized spacial score (nSPS) is 17.3. The van der Waals surface area contributed by atoms with Gasteiger partial charge >= 0.3 is 0 Å². The SMILES string of the molecule is CCCNNc1nc(SC)nc2cc(C3=NNC(=O)CC3C)ccc12. The fourth-order valence-electron chi connectivity index (χ4n) is 2.73. The summed E-state index contributed by atoms with van der Waals surface area (Å²) >= 11 is 1.50. The Bertz CT molecular complexity index is 822. The molecule has 1 unspecified atom stereocenters. The molecule has 7 nitrogen and oxygen atoms in total. The highest BCUT2D eigenvalue weighted by molar-refractivity contribution is 7.98. The molecule has 2 aromatic rings. The number of thioether (sulfide) groups is 1. The van der Waals surface area contributed by atoms with Gasteiger partial charge in [-0.1, -0.05) is 31.7 Å². The van der Waals surface area contributed by atoms with Gasteiger partial charge in [0, 0.05) is 29.8 Å². The first-order valence-corrected chi connectivity index (χ1v) is 9.56. The number of hydrogen-bond acceptors (Lipinski definition) is 7. The van der Waals surface area contributed by atoms with Crippen LogP contribution >= 0.6 is 11.8 Å². The van der Waals surface area contributed by atoms with E-state index in [0.717, 1.165) is 41.0 Å². The molecule has 25 heavy (non-hydrogen) atoms. The van der Waals surface area contributed by atoms with Crippen LogP contribution in [0.15, 0.2) is 28.5 Å². The third kappa shape index (κ3) is 3.91. The molecule has 0 saturated carbocycles. The van der Waals surface area contributed by atoms with E-state index in [0.29, 0.717) is 11.6 Å². The molecule has 3 N–H and O–H groups in total. The third-order valence-electron chi connectivity index (χ3n) is 4.00. The highest BCUT2D eigenvalue weighted by atomic mass is 32.2. The van der Waals surface area contributed by atoms with E-state index in [2.05, 4.69) is 38.3 Å². The number of rotatable bonds is 6. The number of carbonyl (C=O) groups excluding carboxylic acids is 1. The van der Waals surface area contributed by atoms with Crippen molar-refractivity contribution >= 4 is 40.1 Å². The van der Waals surface area contributed by atoms with Gasteiger partial charge in [0.25, 0.3) is 0 Å². The zero-order valence-electron chi connectivity index (χ0n) is 14.6. The first-order chi connectivity index (χ1) is 12.1. The molecule has 1 atom stereocenters. The van der Waals surface area contributed by atoms with Crippen molar-refractivity contribution < 1.29 is 4.79 Å². The Hall–Kier alpha value is -2.19. The van der Waals surface area contributed by atoms with Crippen molar-refractivity contribution in [2.45, 2.75) is 31.8 Å². The van der Waals surface area contributed by atoms with Crippen LogP contribution in [0.1, 0.15) is 32.3 Å². The Morgan fingerprint density at radius 3 is 2.92 bits per heavy atom. The summed E-state index contributed by atoms with van der Waals surface area (Å²) in [7, 11) is 0. The van der Waals surface area contributed by atoms with E-state index in [1.165, 1.54) is 11.8 Å². The van der Waals surface area contributed by atoms with Crippen LogP contribution in [0.2, 0.25) is 0 Å². The van der Waals surface area contributed by atoms with Gasteiger partial charge in [-0.25, -0.2) is 20.8 Å². The molecule has 0 radical (unpaired) electrons. The standard InChI is InChI=1S/C17H22N6OS/c1-4-7-18-23-16-12-6-5-11(9-13(12)19-17(20-16)25-3)15-10(2)8-14(24)21-22-15/h5-6,9-10,18H,4,7-8H2,1-3H3,(H,21,24)(H,19,20,23). The van der Waals surface area contributed by atoms with E-state index in [9.17, 15) is 4.79 Å². The number of anilines is 1. The molecule has 3 rings (SSSR count). The van der Waals surface area contributed by atoms with Gasteiger partial charge in [0.1, 0.15) is 0 Å². The number of aromatic nitrogens is 2. The van der Waals surface area contributed by atoms with E-state index in [-0.39, 0.29) is 11.8 Å². The Morgan fingerprint density at radius 2 is 2.20 bits per heavy atom. The van der Waals surface area contributed by atoms with Crippen LogP contribution in [0.25, 0.3) is 10.9 Å². The van der Waals surface area contributed by atoms with Crippen LogP contribution in [0.3, 0.4) is 0 Å². The molecule has 1 aliphatic heterocycles. The lowest BCUT2D eigenvalue weighted by molar-refractivity contribution is -0.121. The summed E-state index contributed by atoms with van der Waals surface area (Å²) in [5.41, 5.74) is 11.6. The van der Waals surface area contributed by atoms with Gasteiger partial charge in [0.2, 0.25) is 5.91 Å². The Labute approximate surface area is 151 Å². The fraction of sp³-hybridized carbons (Fsp3) is 0.412. The van der Waals surface area contributed by atoms with Gasteiger partial charge in [0.05, 0.1) is 11.2 Å². The minimum atomic E-state index is -0.0440. The number of carbonyl (C=O) groups is 1. The molecule has 1 amide bonds. The summed E-state index contributed by atoms with van der Waals surface area (Å²) in [6.07, 6.45) is 3.43. The Morgan fingerprint density at radius 1 is 1.36 bits per heavy atom. The van der Waals surface area contributed by atoms with Crippen molar-refractivity contribution in [1.82, 2.24) is 20.8 Å². The summed E-state index contributed by atoms with van der Waals surface area (Å²) in [5, 5.41) is 5.88. The number of amides is 1. The molecule has 8 heteroatoms. The van der Waals surface area contributed by atoms with Crippen molar-refractivity contribution in [3.63, 3.8) is 0 Å². The highest BCUT2D eigenvalue weighted by Crippen LogP contribution is 2.26. The summed E-state index contributed by atoms with van der Waals surface area (Å²) in [6.45, 7) is 4.97. The average Bonchev–Trinajstić information content (AvgIpc) is 2.61. The molecule has 0 aliphatic carbocycles. The number of fused-ring (bicyclic) bond motifs is 1. The number of hydrazine groups is 1. The number of hydrogen-bond donors (Lipinski definition) is 3. The van der Waals surface area contributed by atoms with Crippen molar-refractivity contribution in [1.29, 1.82) is 0 Å². The lowest BCUT2D eigenvalue weighted by atomic mass is 9.93. The molecule has 1 aliphatic rings. The van der Waals surface area contributed by atoms with E-state index >= 15 is 0 Å². The second-order valence-corrected chi connectivity index (χ2v) is 6.75. The molecule has 0 fully saturated rings. The van der Waals surface area contributed by atoms with E-state index < -0.39 is 0 Å². The number of nitrogens with zero attached hydrogens (tertiary/aromatic N) is 3. The first kappa shape index (κ1) is 17.6. The van der Waals surface area contributed by atoms with Crippen LogP contribution < -0.4 is 16.3 Å². The zero-order chi connectivity index (χ0) is 17.8. The van der Waals surface area contributed by atoms with Gasteiger partial charge in [0.15, 0.2) is 11.0 Å². The minimum absolute atomic E-state index is 0.0440. The summed E-state index contributed by atoms with van der Waals surface area (Å²) in [5.74, 6) is 0.802. The molecule has 0 bridgehead atoms. The van der Waals surface area contributed by atoms with E-state index in [1.807, 2.05) is 31.4 Å². The van der Waals surface area contributed by atoms with Crippen molar-refractivity contribution in [2.75, 3.05) is 18.2 Å². The number of nitrogens with one attached hydrogen (secondary N) is 3. The predicted octanol–water partition coefficient (Wildman–Crippen LogP) is 2.54. The number of benzene rings is 1. The molecule has 2 heterocycles. The lowest BCUT2D eigenvalue weighted by Gasteiger charge is -2.19. The van der Waals surface area contributed by atoms with Crippen LogP contribution in [0.4, 0.5) is 5.82 Å². The third-order valence-corrected chi connectivity index (χ3v) is 4.54. The van der Waals surface area contributed by atoms with Crippen LogP contribution in [0, 0.1) is 5.92 Å². The van der Waals surface area contributed by atoms with Gasteiger partial charge in [-0.05, 0) is 24.8 Å². The van der Waals surface area contributed by atoms with Crippen molar-refractivity contribution in [2.24, 2.45) is 11.0 Å². The van der Waals surface area contributed by atoms with Gasteiger partial charge in [-0.2, -0.15) is 5.10 Å². The maximum atomic E-state index is 11.5. The average molecular weight is 358 g/mol. The fourth-order valence-corrected chi connectivity index (χ4v) is 3.10. The van der Waals surface area contributed by atoms with Gasteiger partial charge in [-0.3, -0.25) is 4.79 Å². The quantitative estimate of drug-likeness (QED) is 0.318. The van der Waals surface area contributed by atoms with Gasteiger partial charge < -0.3 is 5.43 Å². The maximum Gasteiger partial charge on any atom is 0.240 e. The minimum Gasteiger partial charge on any atom is -0.305 e. The maximum absolute atomic E-state index is 11.5. The smallest absolute Gasteiger partial charge is 0.240 e. The summed E-state index contributed by atoms with van der Waals surface area (Å²) in [6, 6.07) is 6.01.